The van der Waals surface area contributed by atoms with E-state index in [1.807, 2.05) is 42.1 Å². The Morgan fingerprint density at radius 2 is 2.16 bits per heavy atom. The van der Waals surface area contributed by atoms with Gasteiger partial charge in [0.05, 0.1) is 0 Å². The van der Waals surface area contributed by atoms with Crippen molar-refractivity contribution < 1.29 is 0 Å². The molecule has 4 heteroatoms. The van der Waals surface area contributed by atoms with Crippen molar-refractivity contribution in [2.24, 2.45) is 0 Å². The molecule has 2 atom stereocenters. The highest BCUT2D eigenvalue weighted by atomic mass is 32.2. The van der Waals surface area contributed by atoms with Gasteiger partial charge in [0.15, 0.2) is 0 Å². The van der Waals surface area contributed by atoms with Crippen LogP contribution in [0.25, 0.3) is 10.8 Å². The number of thioether (sulfide) groups is 1. The fourth-order valence-electron chi connectivity index (χ4n) is 2.79. The highest BCUT2D eigenvalue weighted by molar-refractivity contribution is 7.99. The first kappa shape index (κ1) is 12.6. The van der Waals surface area contributed by atoms with Crippen LogP contribution in [-0.4, -0.2) is 22.5 Å². The molecule has 1 fully saturated rings. The monoisotopic (exact) mass is 274 g/mol. The van der Waals surface area contributed by atoms with Crippen molar-refractivity contribution in [3.63, 3.8) is 0 Å². The van der Waals surface area contributed by atoms with Gasteiger partial charge >= 0.3 is 0 Å². The Labute approximate surface area is 116 Å². The molecule has 2 unspecified atom stereocenters. The first-order chi connectivity index (χ1) is 9.26. The van der Waals surface area contributed by atoms with E-state index in [0.29, 0.717) is 6.04 Å². The summed E-state index contributed by atoms with van der Waals surface area (Å²) in [7, 11) is 0. The maximum absolute atomic E-state index is 12.0. The number of anilines is 1. The van der Waals surface area contributed by atoms with Crippen LogP contribution >= 0.6 is 11.8 Å². The summed E-state index contributed by atoms with van der Waals surface area (Å²) in [5.41, 5.74) is -0.0139. The number of fused-ring (bicyclic) bond motifs is 1. The summed E-state index contributed by atoms with van der Waals surface area (Å²) >= 11 is 1.94. The van der Waals surface area contributed by atoms with Crippen LogP contribution in [0.15, 0.2) is 35.1 Å². The van der Waals surface area contributed by atoms with E-state index in [4.69, 9.17) is 0 Å². The van der Waals surface area contributed by atoms with Gasteiger partial charge in [0.2, 0.25) is 0 Å². The minimum absolute atomic E-state index is 0.0139. The Bertz CT molecular complexity index is 637. The van der Waals surface area contributed by atoms with Crippen molar-refractivity contribution in [3.05, 3.63) is 40.7 Å². The quantitative estimate of drug-likeness (QED) is 0.903. The molecule has 0 saturated heterocycles. The Kier molecular flexibility index (Phi) is 3.51. The van der Waals surface area contributed by atoms with Gasteiger partial charge in [-0.25, -0.2) is 0 Å². The van der Waals surface area contributed by atoms with Crippen molar-refractivity contribution in [2.75, 3.05) is 11.6 Å². The molecular weight excluding hydrogens is 256 g/mol. The molecule has 1 aliphatic carbocycles. The van der Waals surface area contributed by atoms with E-state index in [9.17, 15) is 4.79 Å². The molecule has 100 valence electrons. The summed E-state index contributed by atoms with van der Waals surface area (Å²) in [4.78, 5) is 14.9. The fourth-order valence-corrected chi connectivity index (χ4v) is 3.59. The number of pyridine rings is 1. The van der Waals surface area contributed by atoms with Crippen molar-refractivity contribution in [3.8, 4) is 0 Å². The zero-order chi connectivity index (χ0) is 13.2. The molecule has 0 spiro atoms. The van der Waals surface area contributed by atoms with E-state index in [0.717, 1.165) is 21.8 Å². The molecule has 1 saturated carbocycles. The molecule has 1 aromatic carbocycles. The molecule has 0 amide bonds. The number of aromatic nitrogens is 1. The topological polar surface area (TPSA) is 44.9 Å². The molecular formula is C15H18N2OS. The van der Waals surface area contributed by atoms with Gasteiger partial charge in [-0.3, -0.25) is 4.79 Å². The maximum Gasteiger partial charge on any atom is 0.257 e. The van der Waals surface area contributed by atoms with Crippen LogP contribution in [0.4, 0.5) is 5.82 Å². The molecule has 3 nitrogen and oxygen atoms in total. The minimum atomic E-state index is -0.0139. The predicted molar refractivity (Wildman–Crippen MR) is 83.1 cm³/mol. The minimum Gasteiger partial charge on any atom is -0.369 e. The first-order valence-electron chi connectivity index (χ1n) is 6.67. The molecule has 3 rings (SSSR count). The summed E-state index contributed by atoms with van der Waals surface area (Å²) in [6.07, 6.45) is 5.79. The van der Waals surface area contributed by atoms with Gasteiger partial charge in [-0.15, -0.1) is 0 Å². The van der Waals surface area contributed by atoms with E-state index < -0.39 is 0 Å². The van der Waals surface area contributed by atoms with E-state index in [1.54, 1.807) is 0 Å². The van der Waals surface area contributed by atoms with Crippen LogP contribution in [0.1, 0.15) is 19.3 Å². The SMILES string of the molecule is CSC1CCC(Nc2cc3ccccc3c(=O)[nH]2)C1. The zero-order valence-electron chi connectivity index (χ0n) is 11.0. The summed E-state index contributed by atoms with van der Waals surface area (Å²) < 4.78 is 0. The van der Waals surface area contributed by atoms with Gasteiger partial charge in [-0.2, -0.15) is 11.8 Å². The van der Waals surface area contributed by atoms with E-state index >= 15 is 0 Å². The highest BCUT2D eigenvalue weighted by Crippen LogP contribution is 2.30. The second-order valence-corrected chi connectivity index (χ2v) is 6.25. The van der Waals surface area contributed by atoms with Gasteiger partial charge in [-0.1, -0.05) is 18.2 Å². The lowest BCUT2D eigenvalue weighted by atomic mass is 10.1. The van der Waals surface area contributed by atoms with Gasteiger partial charge < -0.3 is 10.3 Å². The van der Waals surface area contributed by atoms with Crippen LogP contribution in [0.2, 0.25) is 0 Å². The van der Waals surface area contributed by atoms with E-state index in [1.165, 1.54) is 19.3 Å². The molecule has 0 aliphatic heterocycles. The van der Waals surface area contributed by atoms with Gasteiger partial charge in [-0.05, 0) is 43.0 Å². The van der Waals surface area contributed by atoms with Crippen LogP contribution in [0.3, 0.4) is 0 Å². The Hall–Kier alpha value is -1.42. The number of aromatic amines is 1. The normalized spacial score (nSPS) is 22.8. The lowest BCUT2D eigenvalue weighted by Crippen LogP contribution is -2.19. The zero-order valence-corrected chi connectivity index (χ0v) is 11.8. The molecule has 1 heterocycles. The Morgan fingerprint density at radius 3 is 2.95 bits per heavy atom. The van der Waals surface area contributed by atoms with Crippen molar-refractivity contribution >= 4 is 28.4 Å². The van der Waals surface area contributed by atoms with Gasteiger partial charge in [0.25, 0.3) is 5.56 Å². The fraction of sp³-hybridized carbons (Fsp3) is 0.400. The molecule has 1 aliphatic rings. The highest BCUT2D eigenvalue weighted by Gasteiger charge is 2.23. The number of H-pyrrole nitrogens is 1. The van der Waals surface area contributed by atoms with Crippen molar-refractivity contribution in [1.82, 2.24) is 4.98 Å². The summed E-state index contributed by atoms with van der Waals surface area (Å²) in [5.74, 6) is 0.843. The molecule has 19 heavy (non-hydrogen) atoms. The third-order valence-electron chi connectivity index (χ3n) is 3.83. The van der Waals surface area contributed by atoms with Crippen molar-refractivity contribution in [1.29, 1.82) is 0 Å². The summed E-state index contributed by atoms with van der Waals surface area (Å²) in [5, 5.41) is 5.97. The molecule has 0 bridgehead atoms. The molecule has 0 radical (unpaired) electrons. The summed E-state index contributed by atoms with van der Waals surface area (Å²) in [6, 6.07) is 10.2. The second kappa shape index (κ2) is 5.29. The number of nitrogens with one attached hydrogen (secondary N) is 2. The first-order valence-corrected chi connectivity index (χ1v) is 7.96. The molecule has 1 aromatic heterocycles. The second-order valence-electron chi connectivity index (χ2n) is 5.11. The largest absolute Gasteiger partial charge is 0.369 e. The predicted octanol–water partition coefficient (Wildman–Crippen LogP) is 3.22. The smallest absolute Gasteiger partial charge is 0.257 e. The molecule has 2 aromatic rings. The number of hydrogen-bond acceptors (Lipinski definition) is 3. The molecule has 2 N–H and O–H groups in total. The van der Waals surface area contributed by atoms with Crippen LogP contribution in [0, 0.1) is 0 Å². The maximum atomic E-state index is 12.0. The van der Waals surface area contributed by atoms with Crippen LogP contribution < -0.4 is 10.9 Å². The van der Waals surface area contributed by atoms with Crippen LogP contribution in [-0.2, 0) is 0 Å². The van der Waals surface area contributed by atoms with Crippen molar-refractivity contribution in [2.45, 2.75) is 30.6 Å². The van der Waals surface area contributed by atoms with E-state index in [-0.39, 0.29) is 5.56 Å². The Balaban J connectivity index is 1.84. The van der Waals surface area contributed by atoms with Crippen LogP contribution in [0.5, 0.6) is 0 Å². The lowest BCUT2D eigenvalue weighted by Gasteiger charge is -2.14. The standard InChI is InChI=1S/C15H18N2OS/c1-19-12-7-6-11(9-12)16-14-8-10-4-2-3-5-13(10)15(18)17-14/h2-5,8,11-12H,6-7,9H2,1H3,(H2,16,17,18). The third kappa shape index (κ3) is 2.63. The summed E-state index contributed by atoms with van der Waals surface area (Å²) in [6.45, 7) is 0. The van der Waals surface area contributed by atoms with E-state index in [2.05, 4.69) is 16.6 Å². The number of rotatable bonds is 3. The number of benzene rings is 1. The lowest BCUT2D eigenvalue weighted by molar-refractivity contribution is 0.752. The van der Waals surface area contributed by atoms with Gasteiger partial charge in [0.1, 0.15) is 5.82 Å². The Morgan fingerprint density at radius 1 is 1.32 bits per heavy atom. The average molecular weight is 274 g/mol. The third-order valence-corrected chi connectivity index (χ3v) is 4.93. The average Bonchev–Trinajstić information content (AvgIpc) is 2.86. The number of hydrogen-bond donors (Lipinski definition) is 2. The van der Waals surface area contributed by atoms with Gasteiger partial charge in [0, 0.05) is 16.7 Å².